The van der Waals surface area contributed by atoms with Gasteiger partial charge in [-0.1, -0.05) is 224 Å². The van der Waals surface area contributed by atoms with Crippen molar-refractivity contribution in [3.05, 3.63) is 423 Å². The first-order valence-electron chi connectivity index (χ1n) is 41.6. The van der Waals surface area contributed by atoms with Crippen molar-refractivity contribution in [2.45, 2.75) is 69.7 Å². The Hall–Kier alpha value is -15.5. The molecule has 0 aliphatic rings. The Kier molecular flexibility index (Phi) is 33.2. The minimum atomic E-state index is -4.60. The molecule has 31 nitrogen and oxygen atoms in total. The molecule has 0 saturated carbocycles. The highest BCUT2D eigenvalue weighted by Gasteiger charge is 2.26. The molecule has 136 heavy (non-hydrogen) atoms. The molecule has 0 bridgehead atoms. The summed E-state index contributed by atoms with van der Waals surface area (Å²) in [7, 11) is -4.60. The van der Waals surface area contributed by atoms with Gasteiger partial charge in [-0.2, -0.15) is 0 Å². The van der Waals surface area contributed by atoms with Crippen LogP contribution >= 0.6 is 57.6 Å². The molecular formula is C99H84N16O15S6. The maximum Gasteiger partial charge on any atom is 0.295 e. The largest absolute Gasteiger partial charge is 0.731 e. The van der Waals surface area contributed by atoms with Crippen molar-refractivity contribution >= 4 is 114 Å². The zero-order chi connectivity index (χ0) is 94.0. The highest BCUT2D eigenvalue weighted by molar-refractivity contribution is 7.87. The number of nitrogens with one attached hydrogen (secondary N) is 4. The third-order valence-electron chi connectivity index (χ3n) is 20.8. The number of aliphatic hydroxyl groups excluding tert-OH is 3. The van der Waals surface area contributed by atoms with Crippen LogP contribution in [0.1, 0.15) is 85.9 Å². The van der Waals surface area contributed by atoms with Crippen LogP contribution in [0.15, 0.2) is 350 Å². The van der Waals surface area contributed by atoms with Gasteiger partial charge in [0.25, 0.3) is 35.1 Å². The van der Waals surface area contributed by atoms with Gasteiger partial charge in [0.05, 0.1) is 99.2 Å². The van der Waals surface area contributed by atoms with Crippen molar-refractivity contribution in [2.75, 3.05) is 20.7 Å². The zero-order valence-electron chi connectivity index (χ0n) is 72.1. The van der Waals surface area contributed by atoms with E-state index in [0.717, 1.165) is 121 Å². The molecule has 0 fully saturated rings. The number of thiocarbonyl (C=S) groups is 1. The van der Waals surface area contributed by atoms with Crippen molar-refractivity contribution in [3.63, 3.8) is 0 Å². The molecule has 0 aliphatic heterocycles. The number of oxazole rings is 3. The maximum absolute atomic E-state index is 11.0. The number of benzene rings is 11. The lowest BCUT2D eigenvalue weighted by molar-refractivity contribution is -0.385. The molecule has 0 amide bonds. The Bertz CT molecular complexity index is 6930. The number of non-ortho nitro benzene ring substituents is 3. The Morgan fingerprint density at radius 1 is 0.368 bits per heavy atom. The fraction of sp³-hybridized carbons (Fsp3) is 0.111. The van der Waals surface area contributed by atoms with Gasteiger partial charge in [0.15, 0.2) is 27.6 Å². The van der Waals surface area contributed by atoms with Crippen molar-refractivity contribution in [2.24, 2.45) is 4.99 Å². The van der Waals surface area contributed by atoms with Gasteiger partial charge in [0.1, 0.15) is 26.1 Å². The van der Waals surface area contributed by atoms with Gasteiger partial charge in [-0.15, -0.1) is 45.3 Å². The molecular weight excluding hydrogens is 1850 g/mol. The van der Waals surface area contributed by atoms with Crippen LogP contribution in [0.25, 0.3) is 76.3 Å². The smallest absolute Gasteiger partial charge is 0.295 e. The average molecular weight is 1930 g/mol. The molecule has 18 aromatic rings. The van der Waals surface area contributed by atoms with E-state index in [0.29, 0.717) is 61.0 Å². The monoisotopic (exact) mass is 1930 g/mol. The van der Waals surface area contributed by atoms with E-state index in [1.165, 1.54) is 59.9 Å². The molecule has 0 radical (unpaired) electrons. The van der Waals surface area contributed by atoms with Crippen LogP contribution in [-0.2, 0) is 55.8 Å². The van der Waals surface area contributed by atoms with E-state index in [1.807, 2.05) is 220 Å². The summed E-state index contributed by atoms with van der Waals surface area (Å²) in [4.78, 5) is 68.3. The quantitative estimate of drug-likeness (QED) is 0.00610. The van der Waals surface area contributed by atoms with E-state index in [4.69, 9.17) is 40.4 Å². The number of anilines is 4. The average Bonchev–Trinajstić information content (AvgIpc) is 1.69. The molecule has 11 aromatic carbocycles. The number of quaternary nitrogens is 1. The van der Waals surface area contributed by atoms with Crippen LogP contribution < -0.4 is 26.8 Å². The van der Waals surface area contributed by atoms with Crippen LogP contribution in [-0.4, -0.2) is 83.1 Å². The van der Waals surface area contributed by atoms with Gasteiger partial charge in [0, 0.05) is 109 Å². The number of hydrogen-bond donors (Lipinski definition) is 8. The van der Waals surface area contributed by atoms with E-state index in [9.17, 15) is 58.6 Å². The lowest BCUT2D eigenvalue weighted by Gasteiger charge is -2.17. The molecule has 7 heterocycles. The van der Waals surface area contributed by atoms with Gasteiger partial charge < -0.3 is 55.2 Å². The van der Waals surface area contributed by atoms with Gasteiger partial charge >= 0.3 is 0 Å². The second-order valence-electron chi connectivity index (χ2n) is 30.1. The summed E-state index contributed by atoms with van der Waals surface area (Å²) in [6.45, 7) is -0.187. The van der Waals surface area contributed by atoms with Gasteiger partial charge in [-0.25, -0.2) is 48.3 Å². The highest BCUT2D eigenvalue weighted by Crippen LogP contribution is 2.38. The molecule has 37 heteroatoms. The predicted octanol–water partition coefficient (Wildman–Crippen LogP) is 23.2. The van der Waals surface area contributed by atoms with E-state index >= 15 is 0 Å². The van der Waals surface area contributed by atoms with Crippen molar-refractivity contribution in [3.8, 4) is 76.3 Å². The van der Waals surface area contributed by atoms with Gasteiger partial charge in [0.2, 0.25) is 0 Å². The topological polar surface area (TPSA) is 474 Å². The molecule has 0 aliphatic carbocycles. The number of nitro benzene ring substituents is 3. The molecule has 7 aromatic heterocycles. The second kappa shape index (κ2) is 46.7. The fourth-order valence-corrected chi connectivity index (χ4v) is 18.0. The number of rotatable bonds is 34. The third kappa shape index (κ3) is 26.7. The maximum atomic E-state index is 11.0. The summed E-state index contributed by atoms with van der Waals surface area (Å²) < 4.78 is 52.9. The van der Waals surface area contributed by atoms with Crippen molar-refractivity contribution in [1.82, 2.24) is 41.0 Å². The van der Waals surface area contributed by atoms with Gasteiger partial charge in [-0.3, -0.25) is 35.1 Å². The summed E-state index contributed by atoms with van der Waals surface area (Å²) in [5.74, 6) is 1.70. The number of aliphatic hydroxyl groups is 3. The normalized spacial score (nSPS) is 11.8. The number of isothiocyanates is 1. The lowest BCUT2D eigenvalue weighted by atomic mass is 10.0. The van der Waals surface area contributed by atoms with Crippen molar-refractivity contribution in [1.29, 1.82) is 0 Å². The predicted molar refractivity (Wildman–Crippen MR) is 530 cm³/mol. The number of nitrogens with zero attached hydrogens (tertiary/aromatic N) is 11. The lowest BCUT2D eigenvalue weighted by Crippen LogP contribution is -2.15. The van der Waals surface area contributed by atoms with Crippen LogP contribution in [0.3, 0.4) is 0 Å². The highest BCUT2D eigenvalue weighted by atomic mass is 32.2. The van der Waals surface area contributed by atoms with Crippen LogP contribution in [0, 0.1) is 30.3 Å². The number of aliphatic imine (C=N–C) groups is 1. The van der Waals surface area contributed by atoms with Crippen LogP contribution in [0.2, 0.25) is 0 Å². The van der Waals surface area contributed by atoms with Crippen LogP contribution in [0.5, 0.6) is 0 Å². The second-order valence-corrected chi connectivity index (χ2v) is 34.8. The molecule has 686 valence electrons. The summed E-state index contributed by atoms with van der Waals surface area (Å²) in [6.07, 6.45) is 6.98. The number of nitro groups is 3. The van der Waals surface area contributed by atoms with E-state index in [2.05, 4.69) is 46.0 Å². The van der Waals surface area contributed by atoms with E-state index in [-0.39, 0.29) is 72.9 Å². The molecule has 0 spiro atoms. The Labute approximate surface area is 800 Å². The fourth-order valence-electron chi connectivity index (χ4n) is 14.0. The van der Waals surface area contributed by atoms with E-state index in [1.54, 1.807) is 101 Å². The van der Waals surface area contributed by atoms with E-state index < -0.39 is 25.1 Å². The zero-order valence-corrected chi connectivity index (χ0v) is 77.0. The Morgan fingerprint density at radius 3 is 0.919 bits per heavy atom. The first kappa shape index (κ1) is 96.6. The number of thiazole rings is 4. The molecule has 4 atom stereocenters. The first-order chi connectivity index (χ1) is 65.7. The minimum Gasteiger partial charge on any atom is -0.731 e. The summed E-state index contributed by atoms with van der Waals surface area (Å²) in [5, 5.41) is 85.1. The van der Waals surface area contributed by atoms with Crippen molar-refractivity contribution < 1.29 is 56.3 Å². The standard InChI is InChI=1S/C27H24N4O5S2.2C27H22N4O4S.C18H13N3O2S2.H3N/c32-16-19-5-4-8-21(13-19)25-15-28-27(36-25)30-23(14-18-9-11-22(12-10-18)31-38(33,34)35)24-17-37-26(29-24)20-6-2-1-3-7-20;2*32-16-19-5-4-8-21(13-19)25-15-28-27(35-25)30-23(14-18-9-11-22(12-10-18)31(33)34)24-17-36-26(29-24)20-6-2-1-3-7-20;22-21(23)15-8-6-13(7-9-15)10-16(19-12-24)17-11-25-18(20-17)14-4-2-1-3-5-14;/h1-13,15,17,23,31-32H,14,16H2,(H,28,30)(H,33,34,35);2*1-13,15,17,23,32H,14,16H2,(H,28,30);1-9,11,16H,10H2;1H3/t3*23-;16-;/m0000./s1. The molecule has 11 N–H and O–H groups in total. The third-order valence-corrected chi connectivity index (χ3v) is 25.0. The Balaban J connectivity index is 0.000000146. The number of aromatic nitrogens is 7. The SMILES string of the molecule is O=S(=O)([O-])Nc1ccc(C[C@H](Nc2ncc(-c3cccc(CO)c3)o2)c2csc(-c3ccccc3)n2)cc1.O=[N+]([O-])c1ccc(C[C@H](N=C=S)c2csc(-c3ccccc3)n2)cc1.O=[N+]([O-])c1ccc(C[C@H](Nc2ncc(-c3cccc(CO)c3)o2)c2csc(-c3ccccc3)n2)cc1.O=[N+]([O-])c1ccc(C[C@H](Nc2ncc(-c3cccc(CO)c3)o2)c2csc(-c3ccccc3)n2)cc1.[NH4+]. The molecule has 0 saturated heterocycles. The summed E-state index contributed by atoms with van der Waals surface area (Å²) in [6, 6.07) is 87.8. The summed E-state index contributed by atoms with van der Waals surface area (Å²) >= 11 is 10.9. The summed E-state index contributed by atoms with van der Waals surface area (Å²) in [5.41, 5.74) is 16.1. The molecule has 18 rings (SSSR count). The minimum absolute atomic E-state index is 0. The van der Waals surface area contributed by atoms with Crippen LogP contribution in [0.4, 0.5) is 40.8 Å². The molecule has 0 unspecified atom stereocenters. The number of hydrogen-bond acceptors (Lipinski definition) is 31. The first-order valence-corrected chi connectivity index (χ1v) is 47.0. The Morgan fingerprint density at radius 2 is 0.640 bits per heavy atom. The van der Waals surface area contributed by atoms with Gasteiger partial charge in [-0.05, 0) is 101 Å².